The lowest BCUT2D eigenvalue weighted by molar-refractivity contribution is 0.0483. The summed E-state index contributed by atoms with van der Waals surface area (Å²) in [4.78, 5) is 16.2. The van der Waals surface area contributed by atoms with Crippen molar-refractivity contribution in [3.8, 4) is 0 Å². The second kappa shape index (κ2) is 9.06. The van der Waals surface area contributed by atoms with Gasteiger partial charge < -0.3 is 14.6 Å². The molecule has 0 saturated carbocycles. The Morgan fingerprint density at radius 2 is 1.88 bits per heavy atom. The molecule has 1 fully saturated rings. The molecule has 0 aliphatic carbocycles. The van der Waals surface area contributed by atoms with Crippen molar-refractivity contribution in [2.45, 2.75) is 44.6 Å². The Kier molecular flexibility index (Phi) is 6.13. The molecular formula is C22H22ClF4N5O. The van der Waals surface area contributed by atoms with E-state index in [-0.39, 0.29) is 17.9 Å². The normalized spacial score (nSPS) is 21.2. The maximum absolute atomic E-state index is 13.4. The van der Waals surface area contributed by atoms with Crippen molar-refractivity contribution in [1.82, 2.24) is 19.9 Å². The molecule has 0 unspecified atom stereocenters. The van der Waals surface area contributed by atoms with Crippen LogP contribution >= 0.6 is 11.6 Å². The zero-order valence-electron chi connectivity index (χ0n) is 17.6. The standard InChI is InChI=1S/C22H22ClF4N5O/c23-12-3-4-15-14(9-12)13-5-6-32(16(17(13)28-15)8-11-2-1-7-33-10-11)22-30-20(18(24)25)29-21(31-22)19(26)27/h3-4,9,11,16,18-19,28H,1-2,5-8,10H2/t11-,16-/m0/s1. The van der Waals surface area contributed by atoms with Crippen LogP contribution in [0, 0.1) is 5.92 Å². The number of alkyl halides is 4. The Hall–Kier alpha value is -2.46. The number of H-pyrrole nitrogens is 1. The topological polar surface area (TPSA) is 66.9 Å². The predicted molar refractivity (Wildman–Crippen MR) is 115 cm³/mol. The molecule has 0 bridgehead atoms. The van der Waals surface area contributed by atoms with E-state index < -0.39 is 24.5 Å². The van der Waals surface area contributed by atoms with Crippen molar-refractivity contribution in [2.75, 3.05) is 24.7 Å². The molecule has 4 heterocycles. The molecule has 176 valence electrons. The number of nitrogens with zero attached hydrogens (tertiary/aromatic N) is 4. The lowest BCUT2D eigenvalue weighted by atomic mass is 9.88. The number of hydrogen-bond acceptors (Lipinski definition) is 5. The quantitative estimate of drug-likeness (QED) is 0.464. The smallest absolute Gasteiger partial charge is 0.297 e. The summed E-state index contributed by atoms with van der Waals surface area (Å²) in [6, 6.07) is 5.28. The highest BCUT2D eigenvalue weighted by Gasteiger charge is 2.35. The Balaban J connectivity index is 1.60. The zero-order chi connectivity index (χ0) is 23.1. The molecule has 11 heteroatoms. The molecule has 0 amide bonds. The highest BCUT2D eigenvalue weighted by atomic mass is 35.5. The fourth-order valence-corrected chi connectivity index (χ4v) is 5.02. The monoisotopic (exact) mass is 483 g/mol. The summed E-state index contributed by atoms with van der Waals surface area (Å²) in [7, 11) is 0. The Bertz CT molecular complexity index is 1130. The van der Waals surface area contributed by atoms with E-state index in [9.17, 15) is 17.6 Å². The van der Waals surface area contributed by atoms with Crippen LogP contribution in [0.2, 0.25) is 5.02 Å². The summed E-state index contributed by atoms with van der Waals surface area (Å²) in [6.45, 7) is 1.69. The maximum atomic E-state index is 13.4. The first-order valence-electron chi connectivity index (χ1n) is 10.9. The summed E-state index contributed by atoms with van der Waals surface area (Å²) in [5.41, 5.74) is 2.90. The van der Waals surface area contributed by atoms with Crippen molar-refractivity contribution < 1.29 is 22.3 Å². The summed E-state index contributed by atoms with van der Waals surface area (Å²) >= 11 is 6.22. The maximum Gasteiger partial charge on any atom is 0.297 e. The van der Waals surface area contributed by atoms with Gasteiger partial charge in [0, 0.05) is 41.4 Å². The minimum absolute atomic E-state index is 0.153. The lowest BCUT2D eigenvalue weighted by Crippen LogP contribution is -2.39. The number of hydrogen-bond donors (Lipinski definition) is 1. The van der Waals surface area contributed by atoms with E-state index in [1.54, 1.807) is 11.0 Å². The van der Waals surface area contributed by atoms with Crippen molar-refractivity contribution in [1.29, 1.82) is 0 Å². The van der Waals surface area contributed by atoms with Crippen LogP contribution in [0.1, 0.15) is 61.1 Å². The summed E-state index contributed by atoms with van der Waals surface area (Å²) in [6.07, 6.45) is -3.05. The van der Waals surface area contributed by atoms with Crippen LogP contribution in [0.3, 0.4) is 0 Å². The van der Waals surface area contributed by atoms with Gasteiger partial charge in [0.05, 0.1) is 6.04 Å². The molecule has 6 nitrogen and oxygen atoms in total. The molecular weight excluding hydrogens is 462 g/mol. The summed E-state index contributed by atoms with van der Waals surface area (Å²) < 4.78 is 59.2. The number of fused-ring (bicyclic) bond motifs is 3. The summed E-state index contributed by atoms with van der Waals surface area (Å²) in [5, 5.41) is 1.61. The molecule has 2 aliphatic rings. The second-order valence-electron chi connectivity index (χ2n) is 8.44. The number of halogens is 5. The minimum atomic E-state index is -3.08. The minimum Gasteiger partial charge on any atom is -0.381 e. The molecule has 5 rings (SSSR count). The average molecular weight is 484 g/mol. The van der Waals surface area contributed by atoms with Gasteiger partial charge in [-0.3, -0.25) is 0 Å². The Morgan fingerprint density at radius 3 is 2.55 bits per heavy atom. The number of benzene rings is 1. The number of ether oxygens (including phenoxy) is 1. The van der Waals surface area contributed by atoms with Gasteiger partial charge in [-0.2, -0.15) is 9.97 Å². The van der Waals surface area contributed by atoms with Crippen LogP contribution in [0.5, 0.6) is 0 Å². The van der Waals surface area contributed by atoms with E-state index in [0.29, 0.717) is 37.6 Å². The third kappa shape index (κ3) is 4.38. The number of rotatable bonds is 5. The van der Waals surface area contributed by atoms with Gasteiger partial charge in [-0.1, -0.05) is 11.6 Å². The molecule has 0 spiro atoms. The average Bonchev–Trinajstić information content (AvgIpc) is 3.18. The highest BCUT2D eigenvalue weighted by Crippen LogP contribution is 2.41. The zero-order valence-corrected chi connectivity index (χ0v) is 18.3. The Morgan fingerprint density at radius 1 is 1.12 bits per heavy atom. The SMILES string of the molecule is FC(F)c1nc(C(F)F)nc(N2CCc3c([nH]c4ccc(Cl)cc34)[C@@H]2C[C@@H]2CCCOC2)n1. The first kappa shape index (κ1) is 22.3. The van der Waals surface area contributed by atoms with Gasteiger partial charge in [-0.05, 0) is 55.4 Å². The van der Waals surface area contributed by atoms with E-state index in [1.807, 2.05) is 12.1 Å². The van der Waals surface area contributed by atoms with Gasteiger partial charge in [0.1, 0.15) is 0 Å². The summed E-state index contributed by atoms with van der Waals surface area (Å²) in [5.74, 6) is -1.80. The molecule has 1 aromatic carbocycles. The van der Waals surface area contributed by atoms with Gasteiger partial charge in [0.2, 0.25) is 17.6 Å². The van der Waals surface area contributed by atoms with E-state index in [4.69, 9.17) is 16.3 Å². The number of nitrogens with one attached hydrogen (secondary N) is 1. The Labute approximate surface area is 192 Å². The molecule has 33 heavy (non-hydrogen) atoms. The van der Waals surface area contributed by atoms with Crippen molar-refractivity contribution in [2.24, 2.45) is 5.92 Å². The van der Waals surface area contributed by atoms with Gasteiger partial charge in [0.15, 0.2) is 0 Å². The third-order valence-corrected chi connectivity index (χ3v) is 6.57. The molecule has 2 aromatic heterocycles. The van der Waals surface area contributed by atoms with E-state index >= 15 is 0 Å². The van der Waals surface area contributed by atoms with Crippen molar-refractivity contribution >= 4 is 28.5 Å². The van der Waals surface area contributed by atoms with E-state index in [1.165, 1.54) is 0 Å². The van der Waals surface area contributed by atoms with Crippen LogP contribution < -0.4 is 4.90 Å². The van der Waals surface area contributed by atoms with Crippen molar-refractivity contribution in [3.63, 3.8) is 0 Å². The van der Waals surface area contributed by atoms with Gasteiger partial charge in [-0.25, -0.2) is 22.5 Å². The van der Waals surface area contributed by atoms with E-state index in [0.717, 1.165) is 35.0 Å². The molecule has 2 atom stereocenters. The fraction of sp³-hybridized carbons (Fsp3) is 0.500. The molecule has 0 radical (unpaired) electrons. The van der Waals surface area contributed by atoms with Crippen LogP contribution in [0.25, 0.3) is 10.9 Å². The predicted octanol–water partition coefficient (Wildman–Crippen LogP) is 5.80. The number of aromatic nitrogens is 4. The van der Waals surface area contributed by atoms with Gasteiger partial charge >= 0.3 is 0 Å². The van der Waals surface area contributed by atoms with Crippen LogP contribution in [-0.2, 0) is 11.2 Å². The van der Waals surface area contributed by atoms with E-state index in [2.05, 4.69) is 19.9 Å². The van der Waals surface area contributed by atoms with Gasteiger partial charge in [-0.15, -0.1) is 0 Å². The molecule has 2 aliphatic heterocycles. The fourth-order valence-electron chi connectivity index (χ4n) is 4.85. The third-order valence-electron chi connectivity index (χ3n) is 6.33. The highest BCUT2D eigenvalue weighted by molar-refractivity contribution is 6.31. The second-order valence-corrected chi connectivity index (χ2v) is 8.87. The largest absolute Gasteiger partial charge is 0.381 e. The van der Waals surface area contributed by atoms with Crippen LogP contribution in [0.15, 0.2) is 18.2 Å². The van der Waals surface area contributed by atoms with Crippen LogP contribution in [0.4, 0.5) is 23.5 Å². The van der Waals surface area contributed by atoms with Crippen LogP contribution in [-0.4, -0.2) is 39.7 Å². The molecule has 3 aromatic rings. The molecule has 1 N–H and O–H groups in total. The lowest BCUT2D eigenvalue weighted by Gasteiger charge is -2.38. The van der Waals surface area contributed by atoms with Gasteiger partial charge in [0.25, 0.3) is 12.9 Å². The first-order valence-corrected chi connectivity index (χ1v) is 11.2. The van der Waals surface area contributed by atoms with Crippen molar-refractivity contribution in [3.05, 3.63) is 46.1 Å². The first-order chi connectivity index (χ1) is 15.9. The number of aromatic amines is 1. The molecule has 1 saturated heterocycles. The number of anilines is 1.